The van der Waals surface area contributed by atoms with Gasteiger partial charge in [0, 0.05) is 7.05 Å². The molecule has 1 aromatic heterocycles. The highest BCUT2D eigenvalue weighted by Crippen LogP contribution is 2.25. The minimum absolute atomic E-state index is 0.00673. The van der Waals surface area contributed by atoms with E-state index in [9.17, 15) is 4.79 Å². The van der Waals surface area contributed by atoms with Gasteiger partial charge in [-0.25, -0.2) is 0 Å². The molecule has 0 aliphatic heterocycles. The number of carbonyl (C=O) groups is 1. The van der Waals surface area contributed by atoms with Crippen molar-refractivity contribution in [1.82, 2.24) is 20.1 Å². The van der Waals surface area contributed by atoms with Crippen molar-refractivity contribution in [3.05, 3.63) is 41.2 Å². The van der Waals surface area contributed by atoms with Crippen molar-refractivity contribution in [3.8, 4) is 0 Å². The first-order valence-corrected chi connectivity index (χ1v) is 9.35. The summed E-state index contributed by atoms with van der Waals surface area (Å²) in [5.74, 6) is 0.0215. The fourth-order valence-electron chi connectivity index (χ4n) is 3.03. The van der Waals surface area contributed by atoms with Gasteiger partial charge in [0.25, 0.3) is 0 Å². The van der Waals surface area contributed by atoms with Crippen molar-refractivity contribution in [2.75, 3.05) is 0 Å². The fourth-order valence-corrected chi connectivity index (χ4v) is 3.83. The molecule has 5 nitrogen and oxygen atoms in total. The van der Waals surface area contributed by atoms with Gasteiger partial charge in [-0.15, -0.1) is 10.2 Å². The Morgan fingerprint density at radius 3 is 2.71 bits per heavy atom. The molecule has 2 aromatic rings. The highest BCUT2D eigenvalue weighted by Gasteiger charge is 2.20. The summed E-state index contributed by atoms with van der Waals surface area (Å²) in [6, 6.07) is 6.65. The van der Waals surface area contributed by atoms with Crippen LogP contribution in [-0.2, 0) is 24.7 Å². The van der Waals surface area contributed by atoms with Gasteiger partial charge in [0.15, 0.2) is 5.16 Å². The lowest BCUT2D eigenvalue weighted by atomic mass is 9.89. The molecule has 0 fully saturated rings. The van der Waals surface area contributed by atoms with Crippen LogP contribution in [0.15, 0.2) is 29.7 Å². The predicted molar refractivity (Wildman–Crippen MR) is 96.0 cm³/mol. The monoisotopic (exact) mass is 344 g/mol. The van der Waals surface area contributed by atoms with Crippen LogP contribution in [0.4, 0.5) is 0 Å². The second-order valence-corrected chi connectivity index (χ2v) is 7.76. The molecule has 1 aliphatic carbocycles. The van der Waals surface area contributed by atoms with Crippen LogP contribution in [0.2, 0.25) is 0 Å². The van der Waals surface area contributed by atoms with Gasteiger partial charge >= 0.3 is 0 Å². The number of fused-ring (bicyclic) bond motifs is 1. The van der Waals surface area contributed by atoms with Gasteiger partial charge in [-0.3, -0.25) is 4.79 Å². The van der Waals surface area contributed by atoms with E-state index in [2.05, 4.69) is 33.7 Å². The first kappa shape index (κ1) is 17.0. The van der Waals surface area contributed by atoms with E-state index in [-0.39, 0.29) is 17.2 Å². The molecular formula is C18H24N4OS. The minimum Gasteiger partial charge on any atom is -0.349 e. The number of thioether (sulfide) groups is 1. The van der Waals surface area contributed by atoms with Gasteiger partial charge in [-0.05, 0) is 56.2 Å². The van der Waals surface area contributed by atoms with Crippen LogP contribution < -0.4 is 5.32 Å². The maximum absolute atomic E-state index is 12.5. The second-order valence-electron chi connectivity index (χ2n) is 6.45. The lowest BCUT2D eigenvalue weighted by molar-refractivity contribution is -0.120. The molecule has 1 aromatic carbocycles. The molecule has 1 amide bonds. The Morgan fingerprint density at radius 2 is 2.00 bits per heavy atom. The smallest absolute Gasteiger partial charge is 0.233 e. The molecule has 1 heterocycles. The molecule has 6 heteroatoms. The number of aromatic nitrogens is 3. The highest BCUT2D eigenvalue weighted by molar-refractivity contribution is 8.00. The van der Waals surface area contributed by atoms with Crippen molar-refractivity contribution in [2.45, 2.75) is 56.0 Å². The van der Waals surface area contributed by atoms with Crippen LogP contribution in [0, 0.1) is 0 Å². The Morgan fingerprint density at radius 1 is 1.25 bits per heavy atom. The topological polar surface area (TPSA) is 59.8 Å². The zero-order valence-corrected chi connectivity index (χ0v) is 15.3. The van der Waals surface area contributed by atoms with E-state index in [0.29, 0.717) is 0 Å². The lowest BCUT2D eigenvalue weighted by Crippen LogP contribution is -2.33. The molecule has 3 rings (SSSR count). The minimum atomic E-state index is -0.215. The molecule has 0 radical (unpaired) electrons. The van der Waals surface area contributed by atoms with Crippen molar-refractivity contribution >= 4 is 17.7 Å². The Balaban J connectivity index is 1.62. The van der Waals surface area contributed by atoms with E-state index in [1.807, 2.05) is 25.5 Å². The molecule has 0 saturated heterocycles. The van der Waals surface area contributed by atoms with Gasteiger partial charge < -0.3 is 9.88 Å². The summed E-state index contributed by atoms with van der Waals surface area (Å²) in [6.07, 6.45) is 6.53. The summed E-state index contributed by atoms with van der Waals surface area (Å²) in [4.78, 5) is 12.5. The maximum atomic E-state index is 12.5. The average Bonchev–Trinajstić information content (AvgIpc) is 2.99. The summed E-state index contributed by atoms with van der Waals surface area (Å²) in [5.41, 5.74) is 4.09. The van der Waals surface area contributed by atoms with E-state index in [1.165, 1.54) is 47.7 Å². The Bertz CT molecular complexity index is 728. The molecule has 0 saturated carbocycles. The number of benzene rings is 1. The molecule has 0 bridgehead atoms. The molecule has 1 aliphatic rings. The number of amides is 1. The summed E-state index contributed by atoms with van der Waals surface area (Å²) in [7, 11) is 1.88. The van der Waals surface area contributed by atoms with Crippen molar-refractivity contribution in [2.24, 2.45) is 7.05 Å². The summed E-state index contributed by atoms with van der Waals surface area (Å²) >= 11 is 1.42. The molecule has 24 heavy (non-hydrogen) atoms. The zero-order valence-electron chi connectivity index (χ0n) is 14.5. The average molecular weight is 344 g/mol. The molecule has 0 unspecified atom stereocenters. The van der Waals surface area contributed by atoms with Gasteiger partial charge in [-0.2, -0.15) is 0 Å². The number of carbonyl (C=O) groups excluding carboxylic acids is 1. The number of aryl methyl sites for hydroxylation is 3. The van der Waals surface area contributed by atoms with Crippen LogP contribution in [0.5, 0.6) is 0 Å². The molecule has 1 N–H and O–H groups in total. The van der Waals surface area contributed by atoms with Gasteiger partial charge in [-0.1, -0.05) is 30.0 Å². The Hall–Kier alpha value is -1.82. The van der Waals surface area contributed by atoms with Crippen molar-refractivity contribution in [3.63, 3.8) is 0 Å². The van der Waals surface area contributed by atoms with E-state index in [1.54, 1.807) is 6.33 Å². The molecule has 128 valence electrons. The van der Waals surface area contributed by atoms with Crippen LogP contribution in [-0.4, -0.2) is 25.9 Å². The quantitative estimate of drug-likeness (QED) is 0.847. The molecule has 0 spiro atoms. The summed E-state index contributed by atoms with van der Waals surface area (Å²) < 4.78 is 1.82. The number of nitrogens with zero attached hydrogens (tertiary/aromatic N) is 3. The third-order valence-corrected chi connectivity index (χ3v) is 5.70. The number of rotatable bonds is 5. The van der Waals surface area contributed by atoms with Crippen molar-refractivity contribution < 1.29 is 4.79 Å². The van der Waals surface area contributed by atoms with Crippen molar-refractivity contribution in [1.29, 1.82) is 0 Å². The predicted octanol–water partition coefficient (Wildman–Crippen LogP) is 3.05. The fraction of sp³-hybridized carbons (Fsp3) is 0.500. The molecule has 2 atom stereocenters. The van der Waals surface area contributed by atoms with E-state index in [4.69, 9.17) is 0 Å². The molecular weight excluding hydrogens is 320 g/mol. The Labute approximate surface area is 147 Å². The van der Waals surface area contributed by atoms with Gasteiger partial charge in [0.2, 0.25) is 5.91 Å². The maximum Gasteiger partial charge on any atom is 0.233 e. The SMILES string of the molecule is C[C@@H](Sc1nncn1C)C(=O)N[C@H](C)c1ccc2c(c1)CCCC2. The first-order chi connectivity index (χ1) is 11.5. The van der Waals surface area contributed by atoms with Gasteiger partial charge in [0.05, 0.1) is 11.3 Å². The van der Waals surface area contributed by atoms with Crippen LogP contribution in [0.1, 0.15) is 49.4 Å². The second kappa shape index (κ2) is 7.38. The zero-order chi connectivity index (χ0) is 17.1. The largest absolute Gasteiger partial charge is 0.349 e. The third-order valence-electron chi connectivity index (χ3n) is 4.55. The lowest BCUT2D eigenvalue weighted by Gasteiger charge is -2.21. The highest BCUT2D eigenvalue weighted by atomic mass is 32.2. The summed E-state index contributed by atoms with van der Waals surface area (Å²) in [6.45, 7) is 3.94. The van der Waals surface area contributed by atoms with Crippen LogP contribution in [0.3, 0.4) is 0 Å². The number of hydrogen-bond acceptors (Lipinski definition) is 4. The summed E-state index contributed by atoms with van der Waals surface area (Å²) in [5, 5.41) is 11.5. The van der Waals surface area contributed by atoms with E-state index >= 15 is 0 Å². The van der Waals surface area contributed by atoms with Crippen LogP contribution in [0.25, 0.3) is 0 Å². The van der Waals surface area contributed by atoms with E-state index < -0.39 is 0 Å². The van der Waals surface area contributed by atoms with Crippen LogP contribution >= 0.6 is 11.8 Å². The first-order valence-electron chi connectivity index (χ1n) is 8.47. The third kappa shape index (κ3) is 3.80. The number of hydrogen-bond donors (Lipinski definition) is 1. The normalized spacial score (nSPS) is 16.3. The Kier molecular flexibility index (Phi) is 5.23. The number of nitrogens with one attached hydrogen (secondary N) is 1. The van der Waals surface area contributed by atoms with E-state index in [0.717, 1.165) is 11.6 Å². The van der Waals surface area contributed by atoms with Gasteiger partial charge in [0.1, 0.15) is 6.33 Å². The standard InChI is InChI=1S/C18H24N4OS/c1-12(15-9-8-14-6-4-5-7-16(14)10-15)20-17(23)13(2)24-18-21-19-11-22(18)3/h8-13H,4-7H2,1-3H3,(H,20,23)/t12-,13-/m1/s1.